The Morgan fingerprint density at radius 3 is 2.04 bits per heavy atom. The van der Waals surface area contributed by atoms with Gasteiger partial charge in [0.1, 0.15) is 5.84 Å². The van der Waals surface area contributed by atoms with Crippen LogP contribution in [0.2, 0.25) is 0 Å². The third-order valence-corrected chi connectivity index (χ3v) is 10.4. The van der Waals surface area contributed by atoms with Crippen LogP contribution in [0.15, 0.2) is 156 Å². The quantitative estimate of drug-likeness (QED) is 0.144. The summed E-state index contributed by atoms with van der Waals surface area (Å²) in [6.45, 7) is 0. The average Bonchev–Trinajstić information content (AvgIpc) is 3.54. The fraction of sp³-hybridized carbons (Fsp3) is 0.178. The fourth-order valence-electron chi connectivity index (χ4n) is 8.20. The van der Waals surface area contributed by atoms with Crippen LogP contribution >= 0.6 is 0 Å². The van der Waals surface area contributed by atoms with Crippen LogP contribution in [0.5, 0.6) is 0 Å². The number of amidine groups is 1. The standard InChI is InChI=1S/C45H38N2/c1-4-14-32(15-5-1)43-37-20-10-11-21-38(37)44(33-16-6-2-7-17-33)40-30-35(28-29-39(40)43)31-24-26-34(27-25-31)45-46-41-22-12-13-23-42(41)47(45)36-18-8-3-9-19-36/h1-4,6-11,13-14,16-21,23-24,26,28-30,41-42H,5,12,15,22,25,27H2. The van der Waals surface area contributed by atoms with E-state index >= 15 is 0 Å². The molecular formula is C45H38N2. The van der Waals surface area contributed by atoms with Gasteiger partial charge in [0.2, 0.25) is 0 Å². The number of fused-ring (bicyclic) bond motifs is 3. The number of para-hydroxylation sites is 1. The molecule has 1 aliphatic heterocycles. The summed E-state index contributed by atoms with van der Waals surface area (Å²) in [7, 11) is 0. The first kappa shape index (κ1) is 28.0. The highest BCUT2D eigenvalue weighted by Crippen LogP contribution is 2.45. The van der Waals surface area contributed by atoms with Crippen LogP contribution in [0.4, 0.5) is 5.69 Å². The van der Waals surface area contributed by atoms with Crippen LogP contribution in [0.25, 0.3) is 43.8 Å². The third kappa shape index (κ3) is 4.91. The zero-order valence-corrected chi connectivity index (χ0v) is 26.6. The second-order valence-electron chi connectivity index (χ2n) is 13.2. The van der Waals surface area contributed by atoms with Gasteiger partial charge in [-0.15, -0.1) is 0 Å². The zero-order chi connectivity index (χ0) is 31.2. The van der Waals surface area contributed by atoms with Crippen molar-refractivity contribution in [3.05, 3.63) is 162 Å². The molecule has 0 spiro atoms. The van der Waals surface area contributed by atoms with Gasteiger partial charge >= 0.3 is 0 Å². The number of allylic oxidation sites excluding steroid dienone is 8. The van der Waals surface area contributed by atoms with Gasteiger partial charge in [0.05, 0.1) is 12.1 Å². The summed E-state index contributed by atoms with van der Waals surface area (Å²) in [5.41, 5.74) is 10.7. The van der Waals surface area contributed by atoms with Gasteiger partial charge in [-0.1, -0.05) is 127 Å². The molecule has 2 atom stereocenters. The number of hydrogen-bond donors (Lipinski definition) is 0. The van der Waals surface area contributed by atoms with Crippen LogP contribution in [-0.2, 0) is 0 Å². The number of benzene rings is 5. The Balaban J connectivity index is 1.17. The molecule has 3 aliphatic carbocycles. The van der Waals surface area contributed by atoms with Crippen LogP contribution < -0.4 is 4.90 Å². The summed E-state index contributed by atoms with van der Waals surface area (Å²) in [4.78, 5) is 7.82. The lowest BCUT2D eigenvalue weighted by Gasteiger charge is -2.31. The van der Waals surface area contributed by atoms with Crippen molar-refractivity contribution in [2.24, 2.45) is 4.99 Å². The molecule has 0 fully saturated rings. The van der Waals surface area contributed by atoms with E-state index in [1.165, 1.54) is 66.2 Å². The molecule has 0 saturated carbocycles. The number of nitrogens with zero attached hydrogens (tertiary/aromatic N) is 2. The molecule has 47 heavy (non-hydrogen) atoms. The first-order valence-electron chi connectivity index (χ1n) is 17.2. The van der Waals surface area contributed by atoms with Gasteiger partial charge in [-0.25, -0.2) is 0 Å². The molecule has 4 aliphatic rings. The zero-order valence-electron chi connectivity index (χ0n) is 26.6. The summed E-state index contributed by atoms with van der Waals surface area (Å²) < 4.78 is 0. The lowest BCUT2D eigenvalue weighted by Crippen LogP contribution is -2.40. The molecule has 9 rings (SSSR count). The van der Waals surface area contributed by atoms with Gasteiger partial charge in [0, 0.05) is 5.69 Å². The molecule has 0 amide bonds. The highest BCUT2D eigenvalue weighted by Gasteiger charge is 2.37. The van der Waals surface area contributed by atoms with Crippen molar-refractivity contribution in [1.82, 2.24) is 0 Å². The van der Waals surface area contributed by atoms with Crippen LogP contribution in [0, 0.1) is 0 Å². The van der Waals surface area contributed by atoms with Crippen LogP contribution in [-0.4, -0.2) is 17.9 Å². The van der Waals surface area contributed by atoms with Crippen molar-refractivity contribution in [3.8, 4) is 11.1 Å². The molecule has 1 heterocycles. The minimum Gasteiger partial charge on any atom is -0.317 e. The van der Waals surface area contributed by atoms with Gasteiger partial charge < -0.3 is 4.90 Å². The van der Waals surface area contributed by atoms with Gasteiger partial charge in [-0.05, 0) is 117 Å². The molecule has 0 saturated heterocycles. The normalized spacial score (nSPS) is 20.6. The Morgan fingerprint density at radius 1 is 0.553 bits per heavy atom. The number of rotatable bonds is 5. The van der Waals surface area contributed by atoms with Crippen molar-refractivity contribution in [2.75, 3.05) is 4.90 Å². The molecule has 228 valence electrons. The summed E-state index contributed by atoms with van der Waals surface area (Å²) >= 11 is 0. The van der Waals surface area contributed by atoms with E-state index in [9.17, 15) is 0 Å². The molecule has 2 unspecified atom stereocenters. The molecule has 0 N–H and O–H groups in total. The van der Waals surface area contributed by atoms with Crippen LogP contribution in [0.3, 0.4) is 0 Å². The third-order valence-electron chi connectivity index (χ3n) is 10.4. The lowest BCUT2D eigenvalue weighted by molar-refractivity contribution is 0.570. The summed E-state index contributed by atoms with van der Waals surface area (Å²) in [6.07, 6.45) is 22.6. The molecule has 0 bridgehead atoms. The van der Waals surface area contributed by atoms with Gasteiger partial charge in [0.15, 0.2) is 0 Å². The predicted octanol–water partition coefficient (Wildman–Crippen LogP) is 11.5. The van der Waals surface area contributed by atoms with Crippen molar-refractivity contribution in [3.63, 3.8) is 0 Å². The molecule has 5 aromatic rings. The second kappa shape index (κ2) is 11.9. The van der Waals surface area contributed by atoms with Gasteiger partial charge in [0.25, 0.3) is 0 Å². The lowest BCUT2D eigenvalue weighted by atomic mass is 9.82. The largest absolute Gasteiger partial charge is 0.317 e. The molecule has 0 radical (unpaired) electrons. The molecular weight excluding hydrogens is 569 g/mol. The number of anilines is 1. The first-order chi connectivity index (χ1) is 23.3. The summed E-state index contributed by atoms with van der Waals surface area (Å²) in [6, 6.07) is 38.7. The Morgan fingerprint density at radius 2 is 1.28 bits per heavy atom. The van der Waals surface area contributed by atoms with Crippen molar-refractivity contribution < 1.29 is 0 Å². The Kier molecular flexibility index (Phi) is 7.08. The van der Waals surface area contributed by atoms with E-state index in [1.807, 2.05) is 0 Å². The van der Waals surface area contributed by atoms with Crippen molar-refractivity contribution in [1.29, 1.82) is 0 Å². The van der Waals surface area contributed by atoms with Crippen LogP contribution in [0.1, 0.15) is 49.7 Å². The minimum atomic E-state index is 0.308. The van der Waals surface area contributed by atoms with E-state index in [-0.39, 0.29) is 0 Å². The van der Waals surface area contributed by atoms with Crippen molar-refractivity contribution in [2.45, 2.75) is 50.6 Å². The van der Waals surface area contributed by atoms with E-state index in [1.54, 1.807) is 0 Å². The van der Waals surface area contributed by atoms with E-state index < -0.39 is 0 Å². The summed E-state index contributed by atoms with van der Waals surface area (Å²) in [5.74, 6) is 1.16. The number of hydrogen-bond acceptors (Lipinski definition) is 2. The molecule has 2 nitrogen and oxygen atoms in total. The number of aliphatic imine (C=N–C) groups is 1. The maximum atomic E-state index is 5.34. The maximum absolute atomic E-state index is 5.34. The average molecular weight is 607 g/mol. The fourth-order valence-corrected chi connectivity index (χ4v) is 8.20. The Labute approximate surface area is 277 Å². The van der Waals surface area contributed by atoms with Crippen molar-refractivity contribution >= 4 is 44.2 Å². The Hall–Kier alpha value is -5.21. The van der Waals surface area contributed by atoms with E-state index in [4.69, 9.17) is 4.99 Å². The van der Waals surface area contributed by atoms with E-state index in [2.05, 4.69) is 151 Å². The topological polar surface area (TPSA) is 15.6 Å². The minimum absolute atomic E-state index is 0.308. The predicted molar refractivity (Wildman–Crippen MR) is 201 cm³/mol. The molecule has 5 aromatic carbocycles. The second-order valence-corrected chi connectivity index (χ2v) is 13.2. The van der Waals surface area contributed by atoms with Gasteiger partial charge in [-0.2, -0.15) is 0 Å². The highest BCUT2D eigenvalue weighted by atomic mass is 15.3. The first-order valence-corrected chi connectivity index (χ1v) is 17.2. The maximum Gasteiger partial charge on any atom is 0.132 e. The molecule has 0 aromatic heterocycles. The molecule has 2 heteroatoms. The summed E-state index contributed by atoms with van der Waals surface area (Å²) in [5, 5.41) is 5.34. The van der Waals surface area contributed by atoms with E-state index in [0.29, 0.717) is 12.1 Å². The Bertz CT molecular complexity index is 2190. The monoisotopic (exact) mass is 606 g/mol. The van der Waals surface area contributed by atoms with E-state index in [0.717, 1.165) is 44.4 Å². The smallest absolute Gasteiger partial charge is 0.132 e. The SMILES string of the molecule is C1=CCCC(c2c3ccccc3c(-c3ccccc3)c3cc(C4=CC=C(C5=NC6CCC=CC6N5c5ccccc5)CC4)ccc23)=C1. The highest BCUT2D eigenvalue weighted by molar-refractivity contribution is 6.19. The van der Waals surface area contributed by atoms with Gasteiger partial charge in [-0.3, -0.25) is 4.99 Å².